The van der Waals surface area contributed by atoms with Gasteiger partial charge in [0.05, 0.1) is 6.10 Å². The van der Waals surface area contributed by atoms with Crippen LogP contribution in [0.4, 0.5) is 0 Å². The third-order valence-corrected chi connectivity index (χ3v) is 4.58. The van der Waals surface area contributed by atoms with Crippen LogP contribution in [0.5, 0.6) is 0 Å². The first-order valence-corrected chi connectivity index (χ1v) is 10.1. The SMILES string of the molecule is CC(O)C(N)C(=O)NC(CS)C(=O)NC(CCC(=O)O)C(=O)NC(CCC(N)=O)C(=O)O. The molecule has 4 amide bonds. The van der Waals surface area contributed by atoms with E-state index in [1.165, 1.54) is 6.92 Å². The summed E-state index contributed by atoms with van der Waals surface area (Å²) in [6.45, 7) is 1.27. The van der Waals surface area contributed by atoms with Gasteiger partial charge in [-0.15, -0.1) is 0 Å². The molecule has 0 aliphatic carbocycles. The Morgan fingerprint density at radius 3 is 1.75 bits per heavy atom. The normalized spacial score (nSPS) is 15.4. The summed E-state index contributed by atoms with van der Waals surface area (Å²) in [4.78, 5) is 70.1. The Morgan fingerprint density at radius 2 is 1.31 bits per heavy atom. The quantitative estimate of drug-likeness (QED) is 0.104. The van der Waals surface area contributed by atoms with Crippen LogP contribution in [-0.4, -0.2) is 86.9 Å². The highest BCUT2D eigenvalue weighted by atomic mass is 32.1. The van der Waals surface area contributed by atoms with Crippen LogP contribution in [0.2, 0.25) is 0 Å². The van der Waals surface area contributed by atoms with Crippen molar-refractivity contribution in [2.24, 2.45) is 11.5 Å². The highest BCUT2D eigenvalue weighted by Crippen LogP contribution is 2.04. The number of amides is 4. The van der Waals surface area contributed by atoms with Crippen molar-refractivity contribution in [3.8, 4) is 0 Å². The van der Waals surface area contributed by atoms with Gasteiger partial charge in [0.25, 0.3) is 0 Å². The van der Waals surface area contributed by atoms with Crippen molar-refractivity contribution >= 4 is 48.2 Å². The maximum Gasteiger partial charge on any atom is 0.326 e. The maximum absolute atomic E-state index is 12.5. The van der Waals surface area contributed by atoms with Crippen molar-refractivity contribution in [3.05, 3.63) is 0 Å². The Hall–Kier alpha value is -2.91. The molecule has 0 aromatic heterocycles. The topological polar surface area (TPSA) is 251 Å². The molecule has 0 fully saturated rings. The fourth-order valence-corrected chi connectivity index (χ4v) is 2.56. The number of aliphatic hydroxyl groups is 1. The number of aliphatic carboxylic acids is 2. The third-order valence-electron chi connectivity index (χ3n) is 4.21. The summed E-state index contributed by atoms with van der Waals surface area (Å²) in [7, 11) is 0. The lowest BCUT2D eigenvalue weighted by Crippen LogP contribution is -2.58. The second kappa shape index (κ2) is 14.2. The summed E-state index contributed by atoms with van der Waals surface area (Å²) in [5, 5.41) is 34.1. The van der Waals surface area contributed by atoms with E-state index < -0.39 is 78.7 Å². The molecule has 0 bridgehead atoms. The van der Waals surface area contributed by atoms with E-state index in [-0.39, 0.29) is 18.6 Å². The summed E-state index contributed by atoms with van der Waals surface area (Å²) in [5.74, 6) is -6.55. The van der Waals surface area contributed by atoms with Gasteiger partial charge in [0.1, 0.15) is 24.2 Å². The summed E-state index contributed by atoms with van der Waals surface area (Å²) >= 11 is 3.94. The van der Waals surface area contributed by atoms with Gasteiger partial charge >= 0.3 is 11.9 Å². The van der Waals surface area contributed by atoms with E-state index in [4.69, 9.17) is 16.6 Å². The van der Waals surface area contributed by atoms with Crippen LogP contribution >= 0.6 is 12.6 Å². The van der Waals surface area contributed by atoms with Crippen molar-refractivity contribution in [1.82, 2.24) is 16.0 Å². The Kier molecular flexibility index (Phi) is 12.9. The van der Waals surface area contributed by atoms with Crippen molar-refractivity contribution in [1.29, 1.82) is 0 Å². The molecule has 0 aliphatic heterocycles. The lowest BCUT2D eigenvalue weighted by molar-refractivity contribution is -0.143. The van der Waals surface area contributed by atoms with Crippen molar-refractivity contribution in [3.63, 3.8) is 0 Å². The molecule has 0 aromatic rings. The minimum Gasteiger partial charge on any atom is -0.481 e. The number of carboxylic acids is 2. The number of thiol groups is 1. The van der Waals surface area contributed by atoms with Crippen LogP contribution in [-0.2, 0) is 28.8 Å². The molecule has 0 saturated carbocycles. The summed E-state index contributed by atoms with van der Waals surface area (Å²) in [6, 6.07) is -5.61. The number of primary amides is 1. The van der Waals surface area contributed by atoms with Crippen molar-refractivity contribution < 1.29 is 44.1 Å². The number of rotatable bonds is 15. The van der Waals surface area contributed by atoms with E-state index in [9.17, 15) is 39.0 Å². The molecule has 0 aliphatic rings. The van der Waals surface area contributed by atoms with Gasteiger partial charge in [-0.05, 0) is 19.8 Å². The predicted octanol–water partition coefficient (Wildman–Crippen LogP) is -3.71. The lowest BCUT2D eigenvalue weighted by Gasteiger charge is -2.24. The van der Waals surface area contributed by atoms with E-state index in [1.807, 2.05) is 0 Å². The standard InChI is InChI=1S/C17H29N5O9S/c1-7(23)13(19)16(29)22-10(6-32)15(28)20-8(3-5-12(25)26)14(27)21-9(17(30)31)2-4-11(18)24/h7-10,13,23,32H,2-6,19H2,1H3,(H2,18,24)(H,20,28)(H,21,27)(H,22,29)(H,25,26)(H,30,31). The number of aliphatic hydroxyl groups excluding tert-OH is 1. The second-order valence-electron chi connectivity index (χ2n) is 6.91. The van der Waals surface area contributed by atoms with Crippen molar-refractivity contribution in [2.45, 2.75) is 62.9 Å². The van der Waals surface area contributed by atoms with Gasteiger partial charge in [0.2, 0.25) is 23.6 Å². The fraction of sp³-hybridized carbons (Fsp3) is 0.647. The highest BCUT2D eigenvalue weighted by Gasteiger charge is 2.30. The summed E-state index contributed by atoms with van der Waals surface area (Å²) < 4.78 is 0. The summed E-state index contributed by atoms with van der Waals surface area (Å²) in [5.41, 5.74) is 10.5. The van der Waals surface area contributed by atoms with Gasteiger partial charge in [-0.3, -0.25) is 24.0 Å². The zero-order valence-electron chi connectivity index (χ0n) is 17.3. The predicted molar refractivity (Wildman–Crippen MR) is 112 cm³/mol. The van der Waals surface area contributed by atoms with Crippen LogP contribution in [0.1, 0.15) is 32.6 Å². The average molecular weight is 480 g/mol. The number of nitrogens with one attached hydrogen (secondary N) is 3. The number of hydrogen-bond acceptors (Lipinski definition) is 9. The molecular weight excluding hydrogens is 450 g/mol. The molecule has 0 saturated heterocycles. The Morgan fingerprint density at radius 1 is 0.844 bits per heavy atom. The average Bonchev–Trinajstić information content (AvgIpc) is 2.70. The molecule has 32 heavy (non-hydrogen) atoms. The van der Waals surface area contributed by atoms with Crippen molar-refractivity contribution in [2.75, 3.05) is 5.75 Å². The van der Waals surface area contributed by atoms with Crippen LogP contribution in [0, 0.1) is 0 Å². The summed E-state index contributed by atoms with van der Waals surface area (Å²) in [6.07, 6.45) is -2.79. The number of hydrogen-bond donors (Lipinski definition) is 9. The zero-order valence-corrected chi connectivity index (χ0v) is 18.2. The van der Waals surface area contributed by atoms with Gasteiger partial charge in [-0.2, -0.15) is 12.6 Å². The van der Waals surface area contributed by atoms with Gasteiger partial charge in [0, 0.05) is 18.6 Å². The van der Waals surface area contributed by atoms with E-state index in [0.29, 0.717) is 0 Å². The van der Waals surface area contributed by atoms with Crippen LogP contribution in [0.15, 0.2) is 0 Å². The molecule has 0 radical (unpaired) electrons. The van der Waals surface area contributed by atoms with Crippen LogP contribution < -0.4 is 27.4 Å². The molecule has 0 spiro atoms. The van der Waals surface area contributed by atoms with Crippen LogP contribution in [0.3, 0.4) is 0 Å². The molecule has 15 heteroatoms. The molecule has 0 rings (SSSR count). The molecule has 10 N–H and O–H groups in total. The molecule has 0 heterocycles. The number of carboxylic acid groups (broad SMARTS) is 2. The van der Waals surface area contributed by atoms with Gasteiger partial charge in [-0.1, -0.05) is 0 Å². The largest absolute Gasteiger partial charge is 0.481 e. The Balaban J connectivity index is 5.37. The number of nitrogens with two attached hydrogens (primary N) is 2. The van der Waals surface area contributed by atoms with E-state index in [1.54, 1.807) is 0 Å². The highest BCUT2D eigenvalue weighted by molar-refractivity contribution is 7.80. The van der Waals surface area contributed by atoms with Gasteiger partial charge in [-0.25, -0.2) is 4.79 Å². The Bertz CT molecular complexity index is 719. The maximum atomic E-state index is 12.5. The van der Waals surface area contributed by atoms with E-state index in [0.717, 1.165) is 0 Å². The lowest BCUT2D eigenvalue weighted by atomic mass is 10.1. The fourth-order valence-electron chi connectivity index (χ4n) is 2.31. The molecule has 182 valence electrons. The second-order valence-corrected chi connectivity index (χ2v) is 7.27. The minimum atomic E-state index is -1.51. The van der Waals surface area contributed by atoms with E-state index >= 15 is 0 Å². The number of carbonyl (C=O) groups is 6. The van der Waals surface area contributed by atoms with Gasteiger partial charge in [0.15, 0.2) is 0 Å². The third kappa shape index (κ3) is 10.9. The first-order valence-electron chi connectivity index (χ1n) is 9.48. The zero-order chi connectivity index (χ0) is 25.0. The Labute approximate surface area is 188 Å². The minimum absolute atomic E-state index is 0.228. The number of carbonyl (C=O) groups excluding carboxylic acids is 4. The first kappa shape index (κ1) is 29.1. The monoisotopic (exact) mass is 479 g/mol. The van der Waals surface area contributed by atoms with E-state index in [2.05, 4.69) is 28.6 Å². The molecule has 5 unspecified atom stereocenters. The molecule has 14 nitrogen and oxygen atoms in total. The molecular formula is C17H29N5O9S. The molecule has 0 aromatic carbocycles. The smallest absolute Gasteiger partial charge is 0.326 e. The first-order chi connectivity index (χ1) is 14.8. The van der Waals surface area contributed by atoms with Gasteiger partial charge < -0.3 is 42.7 Å². The van der Waals surface area contributed by atoms with Crippen LogP contribution in [0.25, 0.3) is 0 Å². The molecule has 5 atom stereocenters.